The first-order valence-corrected chi connectivity index (χ1v) is 12.0. The third-order valence-corrected chi connectivity index (χ3v) is 7.09. The molecule has 2 saturated carbocycles. The largest absolute Gasteiger partial charge is 0.353 e. The predicted octanol–water partition coefficient (Wildman–Crippen LogP) is 5.71. The molecule has 2 aromatic heterocycles. The number of carbonyl (C=O) groups is 1. The van der Waals surface area contributed by atoms with Crippen molar-refractivity contribution >= 4 is 16.9 Å². The molecule has 1 atom stereocenters. The molecular weight excluding hydrogens is 407 g/mol. The maximum absolute atomic E-state index is 14.3. The highest BCUT2D eigenvalue weighted by Gasteiger charge is 2.36. The van der Waals surface area contributed by atoms with Crippen molar-refractivity contribution in [3.05, 3.63) is 35.8 Å². The standard InChI is InChI=1S/C25H31FN4O2/c1-16-14-22(32-29-16)24-28-20-13-12-18(26)15-21(20)30(24)23(17-8-4-2-5-9-17)25(31)27-19-10-6-3-7-11-19/h12-15,17,19,23H,2-11H2,1H3,(H,27,31). The van der Waals surface area contributed by atoms with Crippen LogP contribution in [0, 0.1) is 18.7 Å². The summed E-state index contributed by atoms with van der Waals surface area (Å²) in [7, 11) is 0. The van der Waals surface area contributed by atoms with Crippen LogP contribution in [-0.4, -0.2) is 26.7 Å². The van der Waals surface area contributed by atoms with Gasteiger partial charge in [0.2, 0.25) is 11.7 Å². The molecule has 2 aliphatic rings. The number of imidazole rings is 1. The zero-order valence-electron chi connectivity index (χ0n) is 18.6. The Balaban J connectivity index is 1.62. The van der Waals surface area contributed by atoms with Gasteiger partial charge in [-0.3, -0.25) is 4.79 Å². The maximum Gasteiger partial charge on any atom is 0.243 e. The van der Waals surface area contributed by atoms with Crippen LogP contribution in [0.25, 0.3) is 22.6 Å². The van der Waals surface area contributed by atoms with Crippen molar-refractivity contribution in [2.45, 2.75) is 83.2 Å². The molecule has 2 fully saturated rings. The number of carbonyl (C=O) groups excluding carboxylic acids is 1. The lowest BCUT2D eigenvalue weighted by atomic mass is 9.82. The van der Waals surface area contributed by atoms with E-state index in [4.69, 9.17) is 9.51 Å². The third kappa shape index (κ3) is 4.17. The minimum absolute atomic E-state index is 0.0184. The van der Waals surface area contributed by atoms with Gasteiger partial charge < -0.3 is 14.4 Å². The van der Waals surface area contributed by atoms with Gasteiger partial charge >= 0.3 is 0 Å². The number of nitrogens with one attached hydrogen (secondary N) is 1. The smallest absolute Gasteiger partial charge is 0.243 e. The van der Waals surface area contributed by atoms with Gasteiger partial charge in [-0.05, 0) is 56.7 Å². The maximum atomic E-state index is 14.3. The molecule has 5 rings (SSSR count). The molecule has 1 amide bonds. The molecule has 1 unspecified atom stereocenters. The molecule has 0 saturated heterocycles. The van der Waals surface area contributed by atoms with Crippen molar-refractivity contribution in [1.29, 1.82) is 0 Å². The predicted molar refractivity (Wildman–Crippen MR) is 121 cm³/mol. The van der Waals surface area contributed by atoms with Crippen LogP contribution in [0.4, 0.5) is 4.39 Å². The van der Waals surface area contributed by atoms with Crippen molar-refractivity contribution in [2.75, 3.05) is 0 Å². The Kier molecular flexibility index (Phi) is 5.98. The van der Waals surface area contributed by atoms with E-state index in [-0.39, 0.29) is 23.7 Å². The van der Waals surface area contributed by atoms with E-state index in [1.807, 2.05) is 17.6 Å². The van der Waals surface area contributed by atoms with Crippen LogP contribution in [0.15, 0.2) is 28.8 Å². The first-order chi connectivity index (χ1) is 15.6. The quantitative estimate of drug-likeness (QED) is 0.554. The molecule has 3 aromatic rings. The number of benzene rings is 1. The molecule has 2 aliphatic carbocycles. The normalized spacial score (nSPS) is 19.3. The number of aromatic nitrogens is 3. The summed E-state index contributed by atoms with van der Waals surface area (Å²) in [5.74, 6) is 0.903. The summed E-state index contributed by atoms with van der Waals surface area (Å²) in [6.07, 6.45) is 11.0. The highest BCUT2D eigenvalue weighted by molar-refractivity contribution is 5.87. The number of amides is 1. The number of hydrogen-bond donors (Lipinski definition) is 1. The zero-order valence-corrected chi connectivity index (χ0v) is 18.6. The Labute approximate surface area is 187 Å². The fourth-order valence-corrected chi connectivity index (χ4v) is 5.52. The van der Waals surface area contributed by atoms with Crippen LogP contribution in [0.5, 0.6) is 0 Å². The van der Waals surface area contributed by atoms with Crippen molar-refractivity contribution in [3.63, 3.8) is 0 Å². The second-order valence-electron chi connectivity index (χ2n) is 9.46. The molecule has 1 N–H and O–H groups in total. The Morgan fingerprint density at radius 3 is 2.50 bits per heavy atom. The van der Waals surface area contributed by atoms with Gasteiger partial charge in [-0.2, -0.15) is 0 Å². The minimum atomic E-state index is -0.454. The van der Waals surface area contributed by atoms with Crippen LogP contribution < -0.4 is 5.32 Å². The topological polar surface area (TPSA) is 73.0 Å². The number of nitrogens with zero attached hydrogens (tertiary/aromatic N) is 3. The average molecular weight is 439 g/mol. The average Bonchev–Trinajstić information content (AvgIpc) is 3.39. The Hall–Kier alpha value is -2.70. The van der Waals surface area contributed by atoms with Crippen molar-refractivity contribution in [3.8, 4) is 11.6 Å². The molecule has 6 nitrogen and oxygen atoms in total. The number of hydrogen-bond acceptors (Lipinski definition) is 4. The summed E-state index contributed by atoms with van der Waals surface area (Å²) in [6, 6.07) is 6.15. The molecule has 1 aromatic carbocycles. The molecule has 0 radical (unpaired) electrons. The molecule has 170 valence electrons. The summed E-state index contributed by atoms with van der Waals surface area (Å²) in [5, 5.41) is 7.37. The van der Waals surface area contributed by atoms with Crippen molar-refractivity contribution < 1.29 is 13.7 Å². The number of rotatable bonds is 5. The van der Waals surface area contributed by atoms with Gasteiger partial charge in [0.15, 0.2) is 5.82 Å². The first kappa shape index (κ1) is 21.2. The second-order valence-corrected chi connectivity index (χ2v) is 9.46. The van der Waals surface area contributed by atoms with Crippen molar-refractivity contribution in [1.82, 2.24) is 20.0 Å². The van der Waals surface area contributed by atoms with Gasteiger partial charge in [0, 0.05) is 12.1 Å². The van der Waals surface area contributed by atoms with Crippen molar-refractivity contribution in [2.24, 2.45) is 5.92 Å². The van der Waals surface area contributed by atoms with E-state index >= 15 is 0 Å². The molecular formula is C25H31FN4O2. The molecule has 7 heteroatoms. The van der Waals surface area contributed by atoms with Crippen LogP contribution in [0.3, 0.4) is 0 Å². The monoisotopic (exact) mass is 438 g/mol. The van der Waals surface area contributed by atoms with Gasteiger partial charge in [0.1, 0.15) is 11.9 Å². The Morgan fingerprint density at radius 2 is 1.81 bits per heavy atom. The van der Waals surface area contributed by atoms with Crippen LogP contribution in [0.2, 0.25) is 0 Å². The number of halogens is 1. The molecule has 0 spiro atoms. The van der Waals surface area contributed by atoms with E-state index < -0.39 is 6.04 Å². The SMILES string of the molecule is Cc1cc(-c2nc3ccc(F)cc3n2C(C(=O)NC2CCCCC2)C2CCCCC2)on1. The highest BCUT2D eigenvalue weighted by atomic mass is 19.1. The second kappa shape index (κ2) is 9.04. The molecule has 0 aliphatic heterocycles. The lowest BCUT2D eigenvalue weighted by Crippen LogP contribution is -2.43. The lowest BCUT2D eigenvalue weighted by molar-refractivity contribution is -0.127. The van der Waals surface area contributed by atoms with Gasteiger partial charge in [-0.1, -0.05) is 43.7 Å². The van der Waals surface area contributed by atoms with Crippen LogP contribution in [0.1, 0.15) is 75.9 Å². The summed E-state index contributed by atoms with van der Waals surface area (Å²) < 4.78 is 21.8. The van der Waals surface area contributed by atoms with Crippen LogP contribution in [-0.2, 0) is 4.79 Å². The van der Waals surface area contributed by atoms with Gasteiger partial charge in [-0.15, -0.1) is 0 Å². The summed E-state index contributed by atoms with van der Waals surface area (Å²) >= 11 is 0. The molecule has 2 heterocycles. The summed E-state index contributed by atoms with van der Waals surface area (Å²) in [4.78, 5) is 18.6. The highest BCUT2D eigenvalue weighted by Crippen LogP contribution is 2.39. The molecule has 0 bridgehead atoms. The van der Waals surface area contributed by atoms with Crippen LogP contribution >= 0.6 is 0 Å². The van der Waals surface area contributed by atoms with Gasteiger partial charge in [-0.25, -0.2) is 9.37 Å². The van der Waals surface area contributed by atoms with E-state index in [9.17, 15) is 9.18 Å². The fraction of sp³-hybridized carbons (Fsp3) is 0.560. The number of aryl methyl sites for hydroxylation is 1. The Morgan fingerprint density at radius 1 is 1.09 bits per heavy atom. The Bertz CT molecular complexity index is 1090. The van der Waals surface area contributed by atoms with Gasteiger partial charge in [0.25, 0.3) is 0 Å². The van der Waals surface area contributed by atoms with E-state index in [0.717, 1.165) is 57.1 Å². The lowest BCUT2D eigenvalue weighted by Gasteiger charge is -2.33. The first-order valence-electron chi connectivity index (χ1n) is 12.0. The number of fused-ring (bicyclic) bond motifs is 1. The van der Waals surface area contributed by atoms with Gasteiger partial charge in [0.05, 0.1) is 16.7 Å². The minimum Gasteiger partial charge on any atom is -0.353 e. The van der Waals surface area contributed by atoms with E-state index in [1.165, 1.54) is 25.0 Å². The fourth-order valence-electron chi connectivity index (χ4n) is 5.52. The summed E-state index contributed by atoms with van der Waals surface area (Å²) in [6.45, 7) is 1.86. The summed E-state index contributed by atoms with van der Waals surface area (Å²) in [5.41, 5.74) is 2.02. The molecule has 32 heavy (non-hydrogen) atoms. The van der Waals surface area contributed by atoms with E-state index in [2.05, 4.69) is 10.5 Å². The van der Waals surface area contributed by atoms with E-state index in [0.29, 0.717) is 22.6 Å². The van der Waals surface area contributed by atoms with E-state index in [1.54, 1.807) is 6.07 Å². The third-order valence-electron chi connectivity index (χ3n) is 7.09. The zero-order chi connectivity index (χ0) is 22.1.